The molecule has 1 saturated carbocycles. The van der Waals surface area contributed by atoms with Crippen LogP contribution in [0.1, 0.15) is 75.4 Å². The molecule has 5 nitrogen and oxygen atoms in total. The summed E-state index contributed by atoms with van der Waals surface area (Å²) in [6.07, 6.45) is 12.5. The molecule has 0 aromatic carbocycles. The summed E-state index contributed by atoms with van der Waals surface area (Å²) in [7, 11) is 2.18. The molecule has 1 aromatic heterocycles. The summed E-state index contributed by atoms with van der Waals surface area (Å²) in [5.74, 6) is 3.95. The molecular formula is C20H35N5. The van der Waals surface area contributed by atoms with Gasteiger partial charge in [-0.1, -0.05) is 19.3 Å². The van der Waals surface area contributed by atoms with E-state index in [1.165, 1.54) is 96.3 Å². The van der Waals surface area contributed by atoms with Crippen molar-refractivity contribution >= 4 is 0 Å². The molecule has 2 aliphatic heterocycles. The average Bonchev–Trinajstić information content (AvgIpc) is 3.28. The number of aromatic nitrogens is 3. The molecule has 3 aliphatic rings. The molecule has 0 atom stereocenters. The molecule has 0 amide bonds. The Morgan fingerprint density at radius 3 is 2.24 bits per heavy atom. The molecule has 0 N–H and O–H groups in total. The second-order valence-corrected chi connectivity index (χ2v) is 8.60. The first-order valence-corrected chi connectivity index (χ1v) is 10.6. The van der Waals surface area contributed by atoms with E-state index in [2.05, 4.69) is 31.6 Å². The normalized spacial score (nSPS) is 25.0. The first-order chi connectivity index (χ1) is 12.3. The topological polar surface area (TPSA) is 37.2 Å². The van der Waals surface area contributed by atoms with Gasteiger partial charge in [-0.2, -0.15) is 0 Å². The fourth-order valence-corrected chi connectivity index (χ4v) is 5.12. The SMILES string of the molecule is Cn1c(CN2CCCC2)nnc1C1CCN(CC2CCCCC2)CC1. The third kappa shape index (κ3) is 4.25. The number of nitrogens with zero attached hydrogens (tertiary/aromatic N) is 5. The van der Waals surface area contributed by atoms with Gasteiger partial charge in [0.05, 0.1) is 6.54 Å². The molecule has 4 rings (SSSR count). The highest BCUT2D eigenvalue weighted by atomic mass is 15.3. The monoisotopic (exact) mass is 345 g/mol. The molecule has 140 valence electrons. The van der Waals surface area contributed by atoms with Gasteiger partial charge in [0.1, 0.15) is 11.6 Å². The van der Waals surface area contributed by atoms with E-state index in [0.717, 1.165) is 18.3 Å². The second-order valence-electron chi connectivity index (χ2n) is 8.60. The average molecular weight is 346 g/mol. The van der Waals surface area contributed by atoms with E-state index >= 15 is 0 Å². The quantitative estimate of drug-likeness (QED) is 0.821. The van der Waals surface area contributed by atoms with Crippen LogP contribution in [0.15, 0.2) is 0 Å². The molecule has 0 radical (unpaired) electrons. The maximum absolute atomic E-state index is 4.59. The summed E-state index contributed by atoms with van der Waals surface area (Å²) in [5.41, 5.74) is 0. The first kappa shape index (κ1) is 17.5. The number of piperidine rings is 1. The van der Waals surface area contributed by atoms with Crippen LogP contribution in [-0.4, -0.2) is 57.3 Å². The van der Waals surface area contributed by atoms with Gasteiger partial charge in [0.15, 0.2) is 0 Å². The molecule has 25 heavy (non-hydrogen) atoms. The van der Waals surface area contributed by atoms with Gasteiger partial charge >= 0.3 is 0 Å². The van der Waals surface area contributed by atoms with Gasteiger partial charge < -0.3 is 9.47 Å². The van der Waals surface area contributed by atoms with E-state index in [9.17, 15) is 0 Å². The van der Waals surface area contributed by atoms with Crippen LogP contribution in [0.5, 0.6) is 0 Å². The van der Waals surface area contributed by atoms with Crippen molar-refractivity contribution in [3.63, 3.8) is 0 Å². The van der Waals surface area contributed by atoms with E-state index in [-0.39, 0.29) is 0 Å². The predicted octanol–water partition coefficient (Wildman–Crippen LogP) is 3.17. The molecule has 3 fully saturated rings. The van der Waals surface area contributed by atoms with E-state index in [1.807, 2.05) is 0 Å². The Morgan fingerprint density at radius 2 is 1.52 bits per heavy atom. The van der Waals surface area contributed by atoms with Crippen molar-refractivity contribution in [2.45, 2.75) is 70.3 Å². The number of hydrogen-bond acceptors (Lipinski definition) is 4. The summed E-state index contributed by atoms with van der Waals surface area (Å²) >= 11 is 0. The lowest BCUT2D eigenvalue weighted by Crippen LogP contribution is -2.37. The van der Waals surface area contributed by atoms with Crippen LogP contribution in [-0.2, 0) is 13.6 Å². The standard InChI is InChI=1S/C20H35N5/c1-23-19(16-24-11-5-6-12-24)21-22-20(23)18-9-13-25(14-10-18)15-17-7-3-2-4-8-17/h17-18H,2-16H2,1H3. The molecule has 0 spiro atoms. The summed E-state index contributed by atoms with van der Waals surface area (Å²) < 4.78 is 2.29. The third-order valence-electron chi connectivity index (χ3n) is 6.76. The minimum Gasteiger partial charge on any atom is -0.317 e. The van der Waals surface area contributed by atoms with Crippen LogP contribution in [0.25, 0.3) is 0 Å². The summed E-state index contributed by atoms with van der Waals surface area (Å²) in [6.45, 7) is 7.25. The molecule has 0 unspecified atom stereocenters. The minimum atomic E-state index is 0.604. The second kappa shape index (κ2) is 8.17. The van der Waals surface area contributed by atoms with Crippen molar-refractivity contribution in [3.05, 3.63) is 11.6 Å². The van der Waals surface area contributed by atoms with Crippen molar-refractivity contribution in [1.29, 1.82) is 0 Å². The summed E-state index contributed by atoms with van der Waals surface area (Å²) in [5, 5.41) is 9.11. The van der Waals surface area contributed by atoms with E-state index in [4.69, 9.17) is 0 Å². The zero-order valence-corrected chi connectivity index (χ0v) is 16.0. The summed E-state index contributed by atoms with van der Waals surface area (Å²) in [6, 6.07) is 0. The first-order valence-electron chi connectivity index (χ1n) is 10.6. The molecule has 1 aromatic rings. The smallest absolute Gasteiger partial charge is 0.146 e. The van der Waals surface area contributed by atoms with Gasteiger partial charge in [0, 0.05) is 19.5 Å². The van der Waals surface area contributed by atoms with Gasteiger partial charge in [-0.05, 0) is 70.6 Å². The largest absolute Gasteiger partial charge is 0.317 e. The Balaban J connectivity index is 1.29. The molecule has 3 heterocycles. The van der Waals surface area contributed by atoms with Gasteiger partial charge in [-0.3, -0.25) is 4.90 Å². The van der Waals surface area contributed by atoms with E-state index < -0.39 is 0 Å². The Morgan fingerprint density at radius 1 is 0.800 bits per heavy atom. The Kier molecular flexibility index (Phi) is 5.71. The number of rotatable bonds is 5. The van der Waals surface area contributed by atoms with E-state index in [1.54, 1.807) is 0 Å². The predicted molar refractivity (Wildman–Crippen MR) is 101 cm³/mol. The lowest BCUT2D eigenvalue weighted by molar-refractivity contribution is 0.161. The minimum absolute atomic E-state index is 0.604. The van der Waals surface area contributed by atoms with Crippen molar-refractivity contribution in [3.8, 4) is 0 Å². The molecule has 2 saturated heterocycles. The van der Waals surface area contributed by atoms with Crippen LogP contribution >= 0.6 is 0 Å². The maximum atomic E-state index is 4.59. The molecule has 1 aliphatic carbocycles. The lowest BCUT2D eigenvalue weighted by Gasteiger charge is -2.35. The zero-order chi connectivity index (χ0) is 17.1. The van der Waals surface area contributed by atoms with Gasteiger partial charge in [-0.15, -0.1) is 10.2 Å². The highest BCUT2D eigenvalue weighted by Gasteiger charge is 2.27. The van der Waals surface area contributed by atoms with Crippen LogP contribution < -0.4 is 0 Å². The van der Waals surface area contributed by atoms with Gasteiger partial charge in [-0.25, -0.2) is 0 Å². The van der Waals surface area contributed by atoms with Crippen molar-refractivity contribution in [2.24, 2.45) is 13.0 Å². The van der Waals surface area contributed by atoms with Crippen LogP contribution in [0.4, 0.5) is 0 Å². The van der Waals surface area contributed by atoms with Crippen molar-refractivity contribution in [2.75, 3.05) is 32.7 Å². The molecule has 0 bridgehead atoms. The van der Waals surface area contributed by atoms with Crippen LogP contribution in [0, 0.1) is 5.92 Å². The molecule has 5 heteroatoms. The van der Waals surface area contributed by atoms with Crippen LogP contribution in [0.2, 0.25) is 0 Å². The Hall–Kier alpha value is -0.940. The molecular weight excluding hydrogens is 310 g/mol. The van der Waals surface area contributed by atoms with Crippen molar-refractivity contribution < 1.29 is 0 Å². The van der Waals surface area contributed by atoms with Gasteiger partial charge in [0.25, 0.3) is 0 Å². The zero-order valence-electron chi connectivity index (χ0n) is 16.0. The summed E-state index contributed by atoms with van der Waals surface area (Å²) in [4.78, 5) is 5.23. The number of hydrogen-bond donors (Lipinski definition) is 0. The maximum Gasteiger partial charge on any atom is 0.146 e. The fraction of sp³-hybridized carbons (Fsp3) is 0.900. The van der Waals surface area contributed by atoms with Gasteiger partial charge in [0.2, 0.25) is 0 Å². The highest BCUT2D eigenvalue weighted by molar-refractivity contribution is 5.03. The number of likely N-dealkylation sites (tertiary alicyclic amines) is 2. The Bertz CT molecular complexity index is 534. The highest BCUT2D eigenvalue weighted by Crippen LogP contribution is 2.30. The lowest BCUT2D eigenvalue weighted by atomic mass is 9.88. The van der Waals surface area contributed by atoms with Crippen LogP contribution in [0.3, 0.4) is 0 Å². The Labute approximate surface area is 152 Å². The van der Waals surface area contributed by atoms with E-state index in [0.29, 0.717) is 5.92 Å². The van der Waals surface area contributed by atoms with Crippen molar-refractivity contribution in [1.82, 2.24) is 24.6 Å². The fourth-order valence-electron chi connectivity index (χ4n) is 5.12. The third-order valence-corrected chi connectivity index (χ3v) is 6.76.